The van der Waals surface area contributed by atoms with Gasteiger partial charge < -0.3 is 0 Å². The average Bonchev–Trinajstić information content (AvgIpc) is 2.73. The molecular formula is C13H17N3O3S. The minimum atomic E-state index is -3.68. The second kappa shape index (κ2) is 4.90. The van der Waals surface area contributed by atoms with Crippen molar-refractivity contribution >= 4 is 15.8 Å². The molecule has 6 nitrogen and oxygen atoms in total. The molecule has 2 rings (SSSR count). The SMILES string of the molecule is Cc1nonc1NS(=O)(=O)c1ccc(C(C)(C)C)cc1. The van der Waals surface area contributed by atoms with Crippen LogP contribution in [0.15, 0.2) is 33.8 Å². The minimum absolute atomic E-state index is 0.0255. The number of aromatic nitrogens is 2. The fourth-order valence-corrected chi connectivity index (χ4v) is 2.70. The van der Waals surface area contributed by atoms with Crippen LogP contribution in [0, 0.1) is 6.92 Å². The van der Waals surface area contributed by atoms with E-state index in [1.807, 2.05) is 12.1 Å². The van der Waals surface area contributed by atoms with Crippen LogP contribution in [0.4, 0.5) is 5.82 Å². The van der Waals surface area contributed by atoms with E-state index >= 15 is 0 Å². The number of hydrogen-bond acceptors (Lipinski definition) is 5. The smallest absolute Gasteiger partial charge is 0.259 e. The summed E-state index contributed by atoms with van der Waals surface area (Å²) < 4.78 is 31.2. The monoisotopic (exact) mass is 295 g/mol. The number of benzene rings is 1. The summed E-state index contributed by atoms with van der Waals surface area (Å²) >= 11 is 0. The van der Waals surface area contributed by atoms with Crippen molar-refractivity contribution in [1.29, 1.82) is 0 Å². The minimum Gasteiger partial charge on any atom is -0.259 e. The number of nitrogens with one attached hydrogen (secondary N) is 1. The van der Waals surface area contributed by atoms with Gasteiger partial charge in [0.05, 0.1) is 4.90 Å². The molecular weight excluding hydrogens is 278 g/mol. The van der Waals surface area contributed by atoms with Gasteiger partial charge >= 0.3 is 0 Å². The molecule has 0 atom stereocenters. The molecule has 0 radical (unpaired) electrons. The predicted octanol–water partition coefficient (Wildman–Crippen LogP) is 2.48. The van der Waals surface area contributed by atoms with Crippen LogP contribution in [0.3, 0.4) is 0 Å². The maximum atomic E-state index is 12.2. The first-order valence-corrected chi connectivity index (χ1v) is 7.61. The lowest BCUT2D eigenvalue weighted by Gasteiger charge is -2.19. The highest BCUT2D eigenvalue weighted by molar-refractivity contribution is 7.92. The normalized spacial score (nSPS) is 12.4. The first-order valence-electron chi connectivity index (χ1n) is 6.13. The van der Waals surface area contributed by atoms with Crippen molar-refractivity contribution in [3.05, 3.63) is 35.5 Å². The molecule has 20 heavy (non-hydrogen) atoms. The maximum Gasteiger partial charge on any atom is 0.263 e. The highest BCUT2D eigenvalue weighted by Gasteiger charge is 2.19. The summed E-state index contributed by atoms with van der Waals surface area (Å²) in [5, 5.41) is 7.03. The molecule has 0 aliphatic rings. The molecule has 0 fully saturated rings. The fraction of sp³-hybridized carbons (Fsp3) is 0.385. The molecule has 108 valence electrons. The zero-order valence-electron chi connectivity index (χ0n) is 11.8. The summed E-state index contributed by atoms with van der Waals surface area (Å²) in [6.07, 6.45) is 0. The Morgan fingerprint density at radius 2 is 1.70 bits per heavy atom. The Bertz CT molecular complexity index is 697. The van der Waals surface area contributed by atoms with Gasteiger partial charge in [-0.3, -0.25) is 4.72 Å². The van der Waals surface area contributed by atoms with Gasteiger partial charge in [0.15, 0.2) is 0 Å². The van der Waals surface area contributed by atoms with Gasteiger partial charge in [-0.25, -0.2) is 13.0 Å². The van der Waals surface area contributed by atoms with Crippen LogP contribution in [0.2, 0.25) is 0 Å². The summed E-state index contributed by atoms with van der Waals surface area (Å²) in [6.45, 7) is 7.81. The molecule has 0 unspecified atom stereocenters. The van der Waals surface area contributed by atoms with Crippen molar-refractivity contribution in [2.24, 2.45) is 0 Å². The van der Waals surface area contributed by atoms with Crippen LogP contribution < -0.4 is 4.72 Å². The Balaban J connectivity index is 2.29. The molecule has 0 aliphatic carbocycles. The Hall–Kier alpha value is -1.89. The van der Waals surface area contributed by atoms with Crippen molar-refractivity contribution in [3.63, 3.8) is 0 Å². The van der Waals surface area contributed by atoms with Crippen molar-refractivity contribution in [1.82, 2.24) is 10.3 Å². The molecule has 7 heteroatoms. The largest absolute Gasteiger partial charge is 0.263 e. The van der Waals surface area contributed by atoms with Crippen molar-refractivity contribution in [2.75, 3.05) is 4.72 Å². The Morgan fingerprint density at radius 3 is 2.15 bits per heavy atom. The highest BCUT2D eigenvalue weighted by atomic mass is 32.2. The van der Waals surface area contributed by atoms with E-state index < -0.39 is 10.0 Å². The molecule has 0 saturated carbocycles. The molecule has 1 aromatic carbocycles. The van der Waals surface area contributed by atoms with Gasteiger partial charge in [-0.15, -0.1) is 0 Å². The predicted molar refractivity (Wildman–Crippen MR) is 75.0 cm³/mol. The van der Waals surface area contributed by atoms with E-state index in [0.717, 1.165) is 5.56 Å². The number of nitrogens with zero attached hydrogens (tertiary/aromatic N) is 2. The van der Waals surface area contributed by atoms with Crippen LogP contribution in [-0.4, -0.2) is 18.7 Å². The molecule has 0 saturated heterocycles. The first kappa shape index (κ1) is 14.5. The Kier molecular flexibility index (Phi) is 3.56. The van der Waals surface area contributed by atoms with Crippen molar-refractivity contribution < 1.29 is 13.0 Å². The average molecular weight is 295 g/mol. The number of hydrogen-bond donors (Lipinski definition) is 1. The zero-order chi connectivity index (χ0) is 15.0. The van der Waals surface area contributed by atoms with Crippen molar-refractivity contribution in [2.45, 2.75) is 38.0 Å². The lowest BCUT2D eigenvalue weighted by atomic mass is 9.87. The van der Waals surface area contributed by atoms with E-state index in [2.05, 4.69) is 40.4 Å². The van der Waals surface area contributed by atoms with E-state index in [4.69, 9.17) is 0 Å². The lowest BCUT2D eigenvalue weighted by Crippen LogP contribution is -2.15. The molecule has 0 amide bonds. The number of sulfonamides is 1. The fourth-order valence-electron chi connectivity index (χ4n) is 1.64. The second-order valence-corrected chi connectivity index (χ2v) is 7.26. The van der Waals surface area contributed by atoms with E-state index in [-0.39, 0.29) is 16.1 Å². The number of anilines is 1. The topological polar surface area (TPSA) is 85.1 Å². The van der Waals surface area contributed by atoms with E-state index in [9.17, 15) is 8.42 Å². The van der Waals surface area contributed by atoms with Crippen LogP contribution in [0.5, 0.6) is 0 Å². The standard InChI is InChI=1S/C13H17N3O3S/c1-9-12(15-19-14-9)16-20(17,18)11-7-5-10(6-8-11)13(2,3)4/h5-8H,1-4H3,(H,15,16). The molecule has 1 heterocycles. The molecule has 0 spiro atoms. The summed E-state index contributed by atoms with van der Waals surface area (Å²) in [5.41, 5.74) is 1.43. The third-order valence-electron chi connectivity index (χ3n) is 2.91. The van der Waals surface area contributed by atoms with Gasteiger partial charge in [-0.1, -0.05) is 38.1 Å². The van der Waals surface area contributed by atoms with Gasteiger partial charge in [0.25, 0.3) is 10.0 Å². The van der Waals surface area contributed by atoms with E-state index in [1.165, 1.54) is 0 Å². The lowest BCUT2D eigenvalue weighted by molar-refractivity contribution is 0.306. The number of rotatable bonds is 3. The number of aryl methyl sites for hydroxylation is 1. The maximum absolute atomic E-state index is 12.2. The van der Waals surface area contributed by atoms with E-state index in [1.54, 1.807) is 19.1 Å². The third-order valence-corrected chi connectivity index (χ3v) is 4.27. The second-order valence-electron chi connectivity index (χ2n) is 5.58. The Labute approximate surface area is 118 Å². The van der Waals surface area contributed by atoms with Crippen LogP contribution in [0.1, 0.15) is 32.0 Å². The van der Waals surface area contributed by atoms with E-state index in [0.29, 0.717) is 5.69 Å². The molecule has 0 bridgehead atoms. The summed E-state index contributed by atoms with van der Waals surface area (Å²) in [5.74, 6) is 0.102. The summed E-state index contributed by atoms with van der Waals surface area (Å²) in [4.78, 5) is 0.174. The molecule has 1 N–H and O–H groups in total. The van der Waals surface area contributed by atoms with Gasteiger partial charge in [0.2, 0.25) is 5.82 Å². The van der Waals surface area contributed by atoms with Gasteiger partial charge in [-0.05, 0) is 35.2 Å². The van der Waals surface area contributed by atoms with Crippen molar-refractivity contribution in [3.8, 4) is 0 Å². The molecule has 2 aromatic rings. The summed E-state index contributed by atoms with van der Waals surface area (Å²) in [7, 11) is -3.68. The zero-order valence-corrected chi connectivity index (χ0v) is 12.7. The van der Waals surface area contributed by atoms with Gasteiger partial charge in [0.1, 0.15) is 5.69 Å². The van der Waals surface area contributed by atoms with Crippen LogP contribution in [0.25, 0.3) is 0 Å². The first-order chi connectivity index (χ1) is 9.20. The molecule has 1 aromatic heterocycles. The van der Waals surface area contributed by atoms with Crippen LogP contribution >= 0.6 is 0 Å². The highest BCUT2D eigenvalue weighted by Crippen LogP contribution is 2.24. The third kappa shape index (κ3) is 2.98. The quantitative estimate of drug-likeness (QED) is 0.940. The molecule has 0 aliphatic heterocycles. The van der Waals surface area contributed by atoms with Gasteiger partial charge in [0, 0.05) is 0 Å². The summed E-state index contributed by atoms with van der Waals surface area (Å²) in [6, 6.07) is 6.77. The van der Waals surface area contributed by atoms with Gasteiger partial charge in [-0.2, -0.15) is 0 Å². The Morgan fingerprint density at radius 1 is 1.10 bits per heavy atom. The van der Waals surface area contributed by atoms with Crippen LogP contribution in [-0.2, 0) is 15.4 Å².